The van der Waals surface area contributed by atoms with E-state index in [9.17, 15) is 8.78 Å². The molecule has 2 aliphatic heterocycles. The standard InChI is InChI=1S/C23H27F2N5O2S/c1-14-13-31-11-9-29(14)17-12-15(23(6-7-23)22(24)25)21-20(27-17)19(28-33-21)16-5-8-26-30(16)18-4-2-3-10-32-18/h5,8,12,14,18,22H,2-4,6-7,9-11,13H2,1H3/t14-,18?/m1/s1. The van der Waals surface area contributed by atoms with Crippen LogP contribution >= 0.6 is 11.5 Å². The highest BCUT2D eigenvalue weighted by atomic mass is 32.1. The summed E-state index contributed by atoms with van der Waals surface area (Å²) in [5.41, 5.74) is 1.77. The van der Waals surface area contributed by atoms with Gasteiger partial charge in [0, 0.05) is 19.3 Å². The minimum absolute atomic E-state index is 0.120. The van der Waals surface area contributed by atoms with E-state index in [1.165, 1.54) is 11.5 Å². The monoisotopic (exact) mass is 475 g/mol. The van der Waals surface area contributed by atoms with E-state index in [0.717, 1.165) is 35.5 Å². The molecule has 0 radical (unpaired) electrons. The van der Waals surface area contributed by atoms with E-state index in [2.05, 4.69) is 16.9 Å². The first-order valence-electron chi connectivity index (χ1n) is 11.7. The number of pyridine rings is 1. The van der Waals surface area contributed by atoms with Crippen molar-refractivity contribution in [2.75, 3.05) is 31.3 Å². The Labute approximate surface area is 194 Å². The lowest BCUT2D eigenvalue weighted by Crippen LogP contribution is -2.44. The number of rotatable bonds is 5. The molecule has 33 heavy (non-hydrogen) atoms. The third kappa shape index (κ3) is 3.54. The first-order chi connectivity index (χ1) is 16.1. The molecule has 3 aromatic heterocycles. The molecule has 0 bridgehead atoms. The highest BCUT2D eigenvalue weighted by Crippen LogP contribution is 2.56. The van der Waals surface area contributed by atoms with Crippen LogP contribution in [0.3, 0.4) is 0 Å². The lowest BCUT2D eigenvalue weighted by Gasteiger charge is -2.35. The van der Waals surface area contributed by atoms with E-state index in [0.29, 0.717) is 56.0 Å². The highest BCUT2D eigenvalue weighted by Gasteiger charge is 2.54. The summed E-state index contributed by atoms with van der Waals surface area (Å²) in [5.74, 6) is 0.724. The second kappa shape index (κ2) is 8.25. The average Bonchev–Trinajstić information content (AvgIpc) is 3.32. The van der Waals surface area contributed by atoms with Crippen molar-refractivity contribution in [1.82, 2.24) is 19.1 Å². The second-order valence-corrected chi connectivity index (χ2v) is 10.1. The molecule has 5 heterocycles. The van der Waals surface area contributed by atoms with Gasteiger partial charge in [0.1, 0.15) is 17.0 Å². The number of hydrogen-bond acceptors (Lipinski definition) is 7. The van der Waals surface area contributed by atoms with Crippen molar-refractivity contribution in [2.45, 2.75) is 63.1 Å². The Kier molecular flexibility index (Phi) is 5.34. The second-order valence-electron chi connectivity index (χ2n) is 9.29. The maximum absolute atomic E-state index is 14.2. The molecule has 1 saturated carbocycles. The van der Waals surface area contributed by atoms with Gasteiger partial charge in [0.25, 0.3) is 0 Å². The Balaban J connectivity index is 1.51. The van der Waals surface area contributed by atoms with Crippen molar-refractivity contribution in [2.24, 2.45) is 0 Å². The Bertz CT molecular complexity index is 1160. The molecule has 1 aliphatic carbocycles. The van der Waals surface area contributed by atoms with Crippen molar-refractivity contribution in [3.8, 4) is 11.4 Å². The van der Waals surface area contributed by atoms with Gasteiger partial charge in [-0.1, -0.05) is 0 Å². The molecule has 2 saturated heterocycles. The summed E-state index contributed by atoms with van der Waals surface area (Å²) in [7, 11) is 0. The molecule has 0 spiro atoms. The maximum atomic E-state index is 14.2. The number of nitrogens with zero attached hydrogens (tertiary/aromatic N) is 5. The zero-order valence-electron chi connectivity index (χ0n) is 18.5. The average molecular weight is 476 g/mol. The van der Waals surface area contributed by atoms with Gasteiger partial charge in [-0.15, -0.1) is 0 Å². The predicted octanol–water partition coefficient (Wildman–Crippen LogP) is 4.78. The Hall–Kier alpha value is -2.17. The molecule has 10 heteroatoms. The molecule has 3 aromatic rings. The van der Waals surface area contributed by atoms with Crippen molar-refractivity contribution < 1.29 is 18.3 Å². The molecule has 1 unspecified atom stereocenters. The molecule has 0 N–H and O–H groups in total. The fourth-order valence-electron chi connectivity index (χ4n) is 5.05. The van der Waals surface area contributed by atoms with E-state index >= 15 is 0 Å². The SMILES string of the molecule is C[C@@H]1COCCN1c1cc(C2(C(F)F)CC2)c2snc(-c3ccnn3C3CCCCO3)c2n1. The number of ether oxygens (including phenoxy) is 2. The topological polar surface area (TPSA) is 65.3 Å². The van der Waals surface area contributed by atoms with E-state index < -0.39 is 11.8 Å². The Morgan fingerprint density at radius 1 is 1.24 bits per heavy atom. The Morgan fingerprint density at radius 2 is 2.12 bits per heavy atom. The van der Waals surface area contributed by atoms with Crippen LogP contribution in [-0.2, 0) is 14.9 Å². The first kappa shape index (κ1) is 21.4. The quantitative estimate of drug-likeness (QED) is 0.529. The minimum Gasteiger partial charge on any atom is -0.377 e. The van der Waals surface area contributed by atoms with Gasteiger partial charge in [0.15, 0.2) is 6.23 Å². The normalized spacial score (nSPS) is 25.2. The van der Waals surface area contributed by atoms with Gasteiger partial charge in [0.2, 0.25) is 6.43 Å². The largest absolute Gasteiger partial charge is 0.377 e. The fraction of sp³-hybridized carbons (Fsp3) is 0.609. The van der Waals surface area contributed by atoms with E-state index in [1.54, 1.807) is 6.20 Å². The number of aromatic nitrogens is 4. The summed E-state index contributed by atoms with van der Waals surface area (Å²) in [6.45, 7) is 4.66. The Morgan fingerprint density at radius 3 is 2.85 bits per heavy atom. The van der Waals surface area contributed by atoms with Gasteiger partial charge in [-0.25, -0.2) is 18.4 Å². The van der Waals surface area contributed by atoms with Gasteiger partial charge < -0.3 is 14.4 Å². The number of fused-ring (bicyclic) bond motifs is 1. The summed E-state index contributed by atoms with van der Waals surface area (Å²) in [5, 5.41) is 4.52. The number of alkyl halides is 2. The zero-order chi connectivity index (χ0) is 22.6. The van der Waals surface area contributed by atoms with Gasteiger partial charge >= 0.3 is 0 Å². The van der Waals surface area contributed by atoms with Crippen LogP contribution in [0.25, 0.3) is 21.6 Å². The van der Waals surface area contributed by atoms with Crippen LogP contribution in [0.15, 0.2) is 18.3 Å². The molecule has 6 rings (SSSR count). The third-order valence-electron chi connectivity index (χ3n) is 7.16. The van der Waals surface area contributed by atoms with Gasteiger partial charge in [-0.05, 0) is 68.3 Å². The van der Waals surface area contributed by atoms with Crippen LogP contribution in [0.5, 0.6) is 0 Å². The van der Waals surface area contributed by atoms with E-state index in [4.69, 9.17) is 18.8 Å². The van der Waals surface area contributed by atoms with Crippen LogP contribution < -0.4 is 4.90 Å². The molecule has 0 amide bonds. The predicted molar refractivity (Wildman–Crippen MR) is 122 cm³/mol. The maximum Gasteiger partial charge on any atom is 0.248 e. The van der Waals surface area contributed by atoms with Crippen molar-refractivity contribution in [1.29, 1.82) is 0 Å². The number of anilines is 1. The highest BCUT2D eigenvalue weighted by molar-refractivity contribution is 7.13. The zero-order valence-corrected chi connectivity index (χ0v) is 19.4. The summed E-state index contributed by atoms with van der Waals surface area (Å²) in [6.07, 6.45) is 3.19. The smallest absolute Gasteiger partial charge is 0.248 e. The molecule has 2 atom stereocenters. The molecule has 3 aliphatic rings. The van der Waals surface area contributed by atoms with Crippen LogP contribution in [0, 0.1) is 0 Å². The molecule has 0 aromatic carbocycles. The van der Waals surface area contributed by atoms with E-state index in [-0.39, 0.29) is 12.3 Å². The number of halogens is 2. The number of morpholine rings is 1. The summed E-state index contributed by atoms with van der Waals surface area (Å²) in [4.78, 5) is 7.17. The summed E-state index contributed by atoms with van der Waals surface area (Å²) in [6, 6.07) is 3.92. The van der Waals surface area contributed by atoms with Crippen LogP contribution in [0.2, 0.25) is 0 Å². The van der Waals surface area contributed by atoms with Crippen molar-refractivity contribution in [3.05, 3.63) is 23.9 Å². The van der Waals surface area contributed by atoms with Crippen LogP contribution in [0.4, 0.5) is 14.6 Å². The van der Waals surface area contributed by atoms with Crippen LogP contribution in [-0.4, -0.2) is 58.0 Å². The van der Waals surface area contributed by atoms with Gasteiger partial charge in [-0.2, -0.15) is 9.47 Å². The number of hydrogen-bond donors (Lipinski definition) is 0. The molecular formula is C23H27F2N5O2S. The molecule has 176 valence electrons. The minimum atomic E-state index is -2.41. The molecule has 7 nitrogen and oxygen atoms in total. The van der Waals surface area contributed by atoms with Crippen molar-refractivity contribution in [3.63, 3.8) is 0 Å². The lowest BCUT2D eigenvalue weighted by atomic mass is 9.96. The molecule has 3 fully saturated rings. The van der Waals surface area contributed by atoms with E-state index in [1.807, 2.05) is 16.8 Å². The summed E-state index contributed by atoms with van der Waals surface area (Å²) >= 11 is 1.26. The lowest BCUT2D eigenvalue weighted by molar-refractivity contribution is -0.0383. The first-order valence-corrected chi connectivity index (χ1v) is 12.4. The van der Waals surface area contributed by atoms with Crippen LogP contribution in [0.1, 0.15) is 50.8 Å². The van der Waals surface area contributed by atoms with Crippen molar-refractivity contribution >= 4 is 27.6 Å². The summed E-state index contributed by atoms with van der Waals surface area (Å²) < 4.78 is 47.4. The molecular weight excluding hydrogens is 448 g/mol. The third-order valence-corrected chi connectivity index (χ3v) is 8.03. The van der Waals surface area contributed by atoms with Gasteiger partial charge in [0.05, 0.1) is 35.1 Å². The van der Waals surface area contributed by atoms with Gasteiger partial charge in [-0.3, -0.25) is 0 Å². The fourth-order valence-corrected chi connectivity index (χ4v) is 6.00.